The second kappa shape index (κ2) is 7.94. The summed E-state index contributed by atoms with van der Waals surface area (Å²) in [5.74, 6) is 0.385. The third-order valence-electron chi connectivity index (χ3n) is 4.27. The van der Waals surface area contributed by atoms with Gasteiger partial charge in [-0.1, -0.05) is 18.2 Å². The molecule has 7 heteroatoms. The highest BCUT2D eigenvalue weighted by Crippen LogP contribution is 2.29. The summed E-state index contributed by atoms with van der Waals surface area (Å²) in [5, 5.41) is 11.1. The fourth-order valence-corrected chi connectivity index (χ4v) is 2.93. The number of para-hydroxylation sites is 1. The summed E-state index contributed by atoms with van der Waals surface area (Å²) in [6.07, 6.45) is 0. The topological polar surface area (TPSA) is 58.9 Å². The molecule has 0 bridgehead atoms. The molecule has 0 aliphatic carbocycles. The molecule has 0 N–H and O–H groups in total. The molecule has 1 saturated heterocycles. The van der Waals surface area contributed by atoms with Gasteiger partial charge in [-0.15, -0.1) is 0 Å². The minimum Gasteiger partial charge on any atom is -0.492 e. The van der Waals surface area contributed by atoms with Crippen molar-refractivity contribution in [1.82, 2.24) is 4.90 Å². The van der Waals surface area contributed by atoms with Crippen molar-refractivity contribution in [3.8, 4) is 5.75 Å². The van der Waals surface area contributed by atoms with E-state index in [4.69, 9.17) is 4.74 Å². The minimum atomic E-state index is -0.463. The Kier molecular flexibility index (Phi) is 5.45. The molecule has 0 atom stereocenters. The number of nitrogens with zero attached hydrogens (tertiary/aromatic N) is 3. The van der Waals surface area contributed by atoms with Crippen LogP contribution in [0.2, 0.25) is 0 Å². The molecule has 0 spiro atoms. The first-order valence-corrected chi connectivity index (χ1v) is 8.22. The molecule has 1 fully saturated rings. The van der Waals surface area contributed by atoms with Gasteiger partial charge in [0.25, 0.3) is 5.69 Å². The maximum absolute atomic E-state index is 13.5. The maximum atomic E-state index is 13.5. The molecular weight excluding hydrogens is 325 g/mol. The standard InChI is InChI=1S/C18H20FN3O3/c19-15-6-7-17(22(23)24)18(14-15)21-10-8-20(9-11-21)12-13-25-16-4-2-1-3-5-16/h1-7,14H,8-13H2. The molecular formula is C18H20FN3O3. The number of benzene rings is 2. The van der Waals surface area contributed by atoms with E-state index in [1.54, 1.807) is 0 Å². The zero-order valence-electron chi connectivity index (χ0n) is 13.8. The van der Waals surface area contributed by atoms with E-state index in [0.717, 1.165) is 31.5 Å². The van der Waals surface area contributed by atoms with Crippen LogP contribution in [0.3, 0.4) is 0 Å². The number of piperazine rings is 1. The van der Waals surface area contributed by atoms with Gasteiger partial charge in [-0.2, -0.15) is 0 Å². The Labute approximate surface area is 145 Å². The van der Waals surface area contributed by atoms with Crippen molar-refractivity contribution in [2.75, 3.05) is 44.2 Å². The van der Waals surface area contributed by atoms with Gasteiger partial charge in [0.15, 0.2) is 0 Å². The molecule has 3 rings (SSSR count). The normalized spacial score (nSPS) is 15.2. The molecule has 1 aliphatic heterocycles. The zero-order valence-corrected chi connectivity index (χ0v) is 13.8. The Morgan fingerprint density at radius 2 is 1.80 bits per heavy atom. The van der Waals surface area contributed by atoms with Crippen molar-refractivity contribution in [1.29, 1.82) is 0 Å². The predicted molar refractivity (Wildman–Crippen MR) is 93.6 cm³/mol. The van der Waals surface area contributed by atoms with Gasteiger partial charge in [0, 0.05) is 44.9 Å². The summed E-state index contributed by atoms with van der Waals surface area (Å²) >= 11 is 0. The number of anilines is 1. The van der Waals surface area contributed by atoms with Crippen LogP contribution in [0.5, 0.6) is 5.75 Å². The molecule has 132 valence electrons. The Bertz CT molecular complexity index is 719. The Morgan fingerprint density at radius 1 is 1.08 bits per heavy atom. The van der Waals surface area contributed by atoms with Gasteiger partial charge in [-0.05, 0) is 18.2 Å². The van der Waals surface area contributed by atoms with Crippen molar-refractivity contribution in [3.63, 3.8) is 0 Å². The number of ether oxygens (including phenoxy) is 1. The largest absolute Gasteiger partial charge is 0.492 e. The first-order valence-electron chi connectivity index (χ1n) is 8.22. The van der Waals surface area contributed by atoms with Crippen LogP contribution in [0.25, 0.3) is 0 Å². The fourth-order valence-electron chi connectivity index (χ4n) is 2.93. The molecule has 0 aromatic heterocycles. The number of nitro benzene ring substituents is 1. The maximum Gasteiger partial charge on any atom is 0.292 e. The van der Waals surface area contributed by atoms with Crippen LogP contribution in [0.1, 0.15) is 0 Å². The predicted octanol–water partition coefficient (Wildman–Crippen LogP) is 2.93. The average molecular weight is 345 g/mol. The highest BCUT2D eigenvalue weighted by molar-refractivity contribution is 5.63. The average Bonchev–Trinajstić information content (AvgIpc) is 2.63. The molecule has 0 radical (unpaired) electrons. The minimum absolute atomic E-state index is 0.0535. The SMILES string of the molecule is O=[N+]([O-])c1ccc(F)cc1N1CCN(CCOc2ccccc2)CC1. The van der Waals surface area contributed by atoms with Crippen LogP contribution in [-0.4, -0.2) is 49.2 Å². The van der Waals surface area contributed by atoms with Crippen molar-refractivity contribution >= 4 is 11.4 Å². The first-order chi connectivity index (χ1) is 12.1. The van der Waals surface area contributed by atoms with E-state index in [9.17, 15) is 14.5 Å². The van der Waals surface area contributed by atoms with Crippen LogP contribution < -0.4 is 9.64 Å². The van der Waals surface area contributed by atoms with Gasteiger partial charge in [0.2, 0.25) is 0 Å². The quantitative estimate of drug-likeness (QED) is 0.595. The smallest absolute Gasteiger partial charge is 0.292 e. The number of rotatable bonds is 6. The molecule has 25 heavy (non-hydrogen) atoms. The van der Waals surface area contributed by atoms with Crippen LogP contribution in [0.4, 0.5) is 15.8 Å². The van der Waals surface area contributed by atoms with Gasteiger partial charge in [0.05, 0.1) is 4.92 Å². The highest BCUT2D eigenvalue weighted by Gasteiger charge is 2.24. The molecule has 2 aromatic rings. The molecule has 0 amide bonds. The Balaban J connectivity index is 1.52. The fraction of sp³-hybridized carbons (Fsp3) is 0.333. The molecule has 6 nitrogen and oxygen atoms in total. The third-order valence-corrected chi connectivity index (χ3v) is 4.27. The summed E-state index contributed by atoms with van der Waals surface area (Å²) in [7, 11) is 0. The zero-order chi connectivity index (χ0) is 17.6. The van der Waals surface area contributed by atoms with Crippen LogP contribution in [-0.2, 0) is 0 Å². The Morgan fingerprint density at radius 3 is 2.48 bits per heavy atom. The van der Waals surface area contributed by atoms with Gasteiger partial charge in [0.1, 0.15) is 23.9 Å². The molecule has 1 aliphatic rings. The van der Waals surface area contributed by atoms with Crippen molar-refractivity contribution in [3.05, 3.63) is 64.5 Å². The van der Waals surface area contributed by atoms with Crippen molar-refractivity contribution < 1.29 is 14.1 Å². The summed E-state index contributed by atoms with van der Waals surface area (Å²) in [6, 6.07) is 13.2. The lowest BCUT2D eigenvalue weighted by atomic mass is 10.2. The van der Waals surface area contributed by atoms with Gasteiger partial charge in [-0.25, -0.2) is 4.39 Å². The van der Waals surface area contributed by atoms with Crippen LogP contribution >= 0.6 is 0 Å². The second-order valence-corrected chi connectivity index (χ2v) is 5.88. The number of halogens is 1. The van der Waals surface area contributed by atoms with Gasteiger partial charge < -0.3 is 9.64 Å². The number of hydrogen-bond acceptors (Lipinski definition) is 5. The first kappa shape index (κ1) is 17.2. The van der Waals surface area contributed by atoms with Crippen molar-refractivity contribution in [2.45, 2.75) is 0 Å². The summed E-state index contributed by atoms with van der Waals surface area (Å²) in [6.45, 7) is 4.13. The van der Waals surface area contributed by atoms with Gasteiger partial charge >= 0.3 is 0 Å². The number of nitro groups is 1. The van der Waals surface area contributed by atoms with Crippen molar-refractivity contribution in [2.24, 2.45) is 0 Å². The van der Waals surface area contributed by atoms with Gasteiger partial charge in [-0.3, -0.25) is 15.0 Å². The lowest BCUT2D eigenvalue weighted by Gasteiger charge is -2.35. The van der Waals surface area contributed by atoms with E-state index >= 15 is 0 Å². The highest BCUT2D eigenvalue weighted by atomic mass is 19.1. The van der Waals surface area contributed by atoms with E-state index in [1.807, 2.05) is 35.2 Å². The number of hydrogen-bond donors (Lipinski definition) is 0. The van der Waals surface area contributed by atoms with Crippen LogP contribution in [0, 0.1) is 15.9 Å². The lowest BCUT2D eigenvalue weighted by Crippen LogP contribution is -2.47. The molecule has 1 heterocycles. The summed E-state index contributed by atoms with van der Waals surface area (Å²) in [5.41, 5.74) is 0.299. The van der Waals surface area contributed by atoms with E-state index in [-0.39, 0.29) is 5.69 Å². The van der Waals surface area contributed by atoms with E-state index in [1.165, 1.54) is 12.1 Å². The molecule has 2 aromatic carbocycles. The van der Waals surface area contributed by atoms with Crippen LogP contribution in [0.15, 0.2) is 48.5 Å². The third kappa shape index (κ3) is 4.45. The monoisotopic (exact) mass is 345 g/mol. The summed E-state index contributed by atoms with van der Waals surface area (Å²) < 4.78 is 19.2. The molecule has 0 unspecified atom stereocenters. The van der Waals surface area contributed by atoms with E-state index in [2.05, 4.69) is 4.90 Å². The Hall–Kier alpha value is -2.67. The second-order valence-electron chi connectivity index (χ2n) is 5.88. The lowest BCUT2D eigenvalue weighted by molar-refractivity contribution is -0.384. The molecule has 0 saturated carbocycles. The van der Waals surface area contributed by atoms with E-state index < -0.39 is 10.7 Å². The van der Waals surface area contributed by atoms with E-state index in [0.29, 0.717) is 25.4 Å². The summed E-state index contributed by atoms with van der Waals surface area (Å²) in [4.78, 5) is 14.8.